The van der Waals surface area contributed by atoms with Crippen LogP contribution in [0, 0.1) is 0 Å². The number of hydrogen-bond donors (Lipinski definition) is 1. The van der Waals surface area contributed by atoms with Gasteiger partial charge in [0.15, 0.2) is 5.79 Å². The summed E-state index contributed by atoms with van der Waals surface area (Å²) >= 11 is 0. The van der Waals surface area contributed by atoms with Gasteiger partial charge in [0.1, 0.15) is 5.82 Å². The molecule has 2 aliphatic rings. The molecule has 2 fully saturated rings. The van der Waals surface area contributed by atoms with Gasteiger partial charge >= 0.3 is 0 Å². The third-order valence-electron chi connectivity index (χ3n) is 4.17. The number of nitrogens with zero attached hydrogens (tertiary/aromatic N) is 2. The van der Waals surface area contributed by atoms with Crippen LogP contribution in [0.5, 0.6) is 0 Å². The van der Waals surface area contributed by atoms with E-state index < -0.39 is 5.79 Å². The molecule has 19 heavy (non-hydrogen) atoms. The highest BCUT2D eigenvalue weighted by Crippen LogP contribution is 2.41. The smallest absolute Gasteiger partial charge is 0.170 e. The number of hydrogen-bond acceptors (Lipinski definition) is 4. The van der Waals surface area contributed by atoms with Crippen molar-refractivity contribution in [3.8, 4) is 0 Å². The van der Waals surface area contributed by atoms with Crippen molar-refractivity contribution >= 4 is 0 Å². The fourth-order valence-corrected chi connectivity index (χ4v) is 3.21. The van der Waals surface area contributed by atoms with Gasteiger partial charge in [-0.1, -0.05) is 13.8 Å². The highest BCUT2D eigenvalue weighted by molar-refractivity contribution is 5.03. The Morgan fingerprint density at radius 2 is 2.16 bits per heavy atom. The van der Waals surface area contributed by atoms with Crippen LogP contribution in [0.3, 0.4) is 0 Å². The molecule has 0 radical (unpaired) electrons. The number of aliphatic hydroxyl groups excluding tert-OH is 1. The van der Waals surface area contributed by atoms with Gasteiger partial charge in [0, 0.05) is 31.2 Å². The first-order valence-corrected chi connectivity index (χ1v) is 7.10. The fraction of sp³-hybridized carbons (Fsp3) is 0.786. The minimum absolute atomic E-state index is 0.00764. The molecule has 2 heterocycles. The van der Waals surface area contributed by atoms with Gasteiger partial charge in [0.2, 0.25) is 0 Å². The maximum atomic E-state index is 10.3. The largest absolute Gasteiger partial charge is 0.391 e. The number of rotatable bonds is 2. The summed E-state index contributed by atoms with van der Waals surface area (Å²) in [5.74, 6) is 0.868. The summed E-state index contributed by atoms with van der Waals surface area (Å²) < 4.78 is 13.7. The molecule has 2 unspecified atom stereocenters. The molecule has 1 N–H and O–H groups in total. The molecule has 0 aromatic carbocycles. The van der Waals surface area contributed by atoms with Crippen molar-refractivity contribution in [2.24, 2.45) is 0 Å². The monoisotopic (exact) mass is 266 g/mol. The predicted molar refractivity (Wildman–Crippen MR) is 69.8 cm³/mol. The summed E-state index contributed by atoms with van der Waals surface area (Å²) in [6, 6.07) is -0.00764. The Hall–Kier alpha value is -0.910. The van der Waals surface area contributed by atoms with E-state index in [1.165, 1.54) is 0 Å². The fourth-order valence-electron chi connectivity index (χ4n) is 3.21. The molecule has 3 rings (SSSR count). The minimum atomic E-state index is -0.484. The Morgan fingerprint density at radius 1 is 1.42 bits per heavy atom. The van der Waals surface area contributed by atoms with Crippen LogP contribution in [0.25, 0.3) is 0 Å². The maximum absolute atomic E-state index is 10.3. The SMILES string of the molecule is CC(C)c1nccn1C1CC2(CCC1O)OCCO2. The lowest BCUT2D eigenvalue weighted by Gasteiger charge is -2.40. The predicted octanol–water partition coefficient (Wildman–Crippen LogP) is 1.84. The van der Waals surface area contributed by atoms with Crippen LogP contribution in [0.4, 0.5) is 0 Å². The van der Waals surface area contributed by atoms with E-state index in [9.17, 15) is 5.11 Å². The van der Waals surface area contributed by atoms with E-state index in [0.29, 0.717) is 32.0 Å². The molecule has 1 aliphatic carbocycles. The van der Waals surface area contributed by atoms with Crippen molar-refractivity contribution in [2.45, 2.75) is 57.0 Å². The summed E-state index contributed by atoms with van der Waals surface area (Å²) in [7, 11) is 0. The lowest BCUT2D eigenvalue weighted by molar-refractivity contribution is -0.199. The molecule has 1 saturated carbocycles. The molecule has 1 aliphatic heterocycles. The molecule has 1 saturated heterocycles. The van der Waals surface area contributed by atoms with Crippen LogP contribution in [-0.2, 0) is 9.47 Å². The second kappa shape index (κ2) is 4.89. The number of imidazole rings is 1. The first kappa shape index (κ1) is 13.1. The first-order chi connectivity index (χ1) is 9.11. The number of aliphatic hydroxyl groups is 1. The lowest BCUT2D eigenvalue weighted by atomic mass is 9.87. The van der Waals surface area contributed by atoms with E-state index >= 15 is 0 Å². The normalized spacial score (nSPS) is 30.3. The van der Waals surface area contributed by atoms with Crippen molar-refractivity contribution in [1.82, 2.24) is 9.55 Å². The van der Waals surface area contributed by atoms with Crippen molar-refractivity contribution in [1.29, 1.82) is 0 Å². The van der Waals surface area contributed by atoms with Crippen molar-refractivity contribution in [2.75, 3.05) is 13.2 Å². The Balaban J connectivity index is 1.87. The molecular weight excluding hydrogens is 244 g/mol. The van der Waals surface area contributed by atoms with Gasteiger partial charge in [-0.05, 0) is 6.42 Å². The van der Waals surface area contributed by atoms with Gasteiger partial charge in [-0.15, -0.1) is 0 Å². The molecule has 106 valence electrons. The molecule has 2 atom stereocenters. The van der Waals surface area contributed by atoms with Gasteiger partial charge in [-0.25, -0.2) is 4.98 Å². The molecular formula is C14H22N2O3. The van der Waals surface area contributed by atoms with Gasteiger partial charge in [-0.2, -0.15) is 0 Å². The molecule has 5 heteroatoms. The maximum Gasteiger partial charge on any atom is 0.170 e. The van der Waals surface area contributed by atoms with E-state index in [2.05, 4.69) is 23.4 Å². The Kier molecular flexibility index (Phi) is 3.37. The Morgan fingerprint density at radius 3 is 2.84 bits per heavy atom. The van der Waals surface area contributed by atoms with Crippen molar-refractivity contribution in [3.05, 3.63) is 18.2 Å². The molecule has 1 aromatic rings. The van der Waals surface area contributed by atoms with Crippen molar-refractivity contribution in [3.63, 3.8) is 0 Å². The summed E-state index contributed by atoms with van der Waals surface area (Å²) in [6.07, 6.45) is 5.59. The standard InChI is InChI=1S/C14H22N2O3/c1-10(2)13-15-5-6-16(13)11-9-14(4-3-12(11)17)18-7-8-19-14/h5-6,10-12,17H,3-4,7-9H2,1-2H3. The van der Waals surface area contributed by atoms with Crippen LogP contribution in [0.15, 0.2) is 12.4 Å². The van der Waals surface area contributed by atoms with Crippen LogP contribution in [0.1, 0.15) is 50.9 Å². The van der Waals surface area contributed by atoms with E-state index in [-0.39, 0.29) is 12.1 Å². The third kappa shape index (κ3) is 2.30. The minimum Gasteiger partial charge on any atom is -0.391 e. The van der Waals surface area contributed by atoms with E-state index in [0.717, 1.165) is 12.2 Å². The summed E-state index contributed by atoms with van der Waals surface area (Å²) in [5, 5.41) is 10.3. The number of ether oxygens (including phenoxy) is 2. The average molecular weight is 266 g/mol. The van der Waals surface area contributed by atoms with Gasteiger partial charge in [0.05, 0.1) is 25.4 Å². The van der Waals surface area contributed by atoms with Crippen LogP contribution in [-0.4, -0.2) is 39.8 Å². The van der Waals surface area contributed by atoms with E-state index in [1.54, 1.807) is 6.20 Å². The zero-order chi connectivity index (χ0) is 13.5. The molecule has 0 amide bonds. The zero-order valence-corrected chi connectivity index (χ0v) is 11.6. The second-order valence-corrected chi connectivity index (χ2v) is 5.83. The highest BCUT2D eigenvalue weighted by Gasteiger charge is 2.45. The Labute approximate surface area is 113 Å². The molecule has 0 bridgehead atoms. The van der Waals surface area contributed by atoms with Gasteiger partial charge < -0.3 is 19.1 Å². The third-order valence-corrected chi connectivity index (χ3v) is 4.17. The second-order valence-electron chi connectivity index (χ2n) is 5.83. The molecule has 1 aromatic heterocycles. The number of aromatic nitrogens is 2. The Bertz CT molecular complexity index is 438. The van der Waals surface area contributed by atoms with Crippen LogP contribution >= 0.6 is 0 Å². The first-order valence-electron chi connectivity index (χ1n) is 7.10. The summed E-state index contributed by atoms with van der Waals surface area (Å²) in [5.41, 5.74) is 0. The summed E-state index contributed by atoms with van der Waals surface area (Å²) in [4.78, 5) is 4.41. The van der Waals surface area contributed by atoms with Crippen molar-refractivity contribution < 1.29 is 14.6 Å². The molecule has 1 spiro atoms. The van der Waals surface area contributed by atoms with E-state index in [1.807, 2.05) is 6.20 Å². The molecule has 5 nitrogen and oxygen atoms in total. The van der Waals surface area contributed by atoms with Crippen LogP contribution in [0.2, 0.25) is 0 Å². The van der Waals surface area contributed by atoms with Gasteiger partial charge in [-0.3, -0.25) is 0 Å². The summed E-state index contributed by atoms with van der Waals surface area (Å²) in [6.45, 7) is 5.55. The average Bonchev–Trinajstić information content (AvgIpc) is 3.02. The zero-order valence-electron chi connectivity index (χ0n) is 11.6. The lowest BCUT2D eigenvalue weighted by Crippen LogP contribution is -2.43. The quantitative estimate of drug-likeness (QED) is 0.887. The topological polar surface area (TPSA) is 56.5 Å². The van der Waals surface area contributed by atoms with Crippen LogP contribution < -0.4 is 0 Å². The highest BCUT2D eigenvalue weighted by atomic mass is 16.7. The van der Waals surface area contributed by atoms with E-state index in [4.69, 9.17) is 9.47 Å². The van der Waals surface area contributed by atoms with Gasteiger partial charge in [0.25, 0.3) is 0 Å².